The van der Waals surface area contributed by atoms with E-state index in [9.17, 15) is 9.59 Å². The normalized spacial score (nSPS) is 14.3. The highest BCUT2D eigenvalue weighted by Gasteiger charge is 2.34. The van der Waals surface area contributed by atoms with E-state index < -0.39 is 11.8 Å². The molecule has 0 radical (unpaired) electrons. The summed E-state index contributed by atoms with van der Waals surface area (Å²) < 4.78 is 1.59. The lowest BCUT2D eigenvalue weighted by Gasteiger charge is -2.18. The maximum absolute atomic E-state index is 12.6. The van der Waals surface area contributed by atoms with Crippen LogP contribution in [-0.2, 0) is 16.6 Å². The highest BCUT2D eigenvalue weighted by Crippen LogP contribution is 2.41. The molecule has 1 aromatic carbocycles. The van der Waals surface area contributed by atoms with E-state index >= 15 is 0 Å². The molecule has 29 heavy (non-hydrogen) atoms. The summed E-state index contributed by atoms with van der Waals surface area (Å²) in [5.41, 5.74) is 2.78. The van der Waals surface area contributed by atoms with Gasteiger partial charge in [-0.25, -0.2) is 0 Å². The third kappa shape index (κ3) is 4.46. The monoisotopic (exact) mass is 409 g/mol. The second kappa shape index (κ2) is 8.05. The minimum absolute atomic E-state index is 0.209. The molecule has 1 fully saturated rings. The van der Waals surface area contributed by atoms with Gasteiger partial charge in [0.1, 0.15) is 5.69 Å². The summed E-state index contributed by atoms with van der Waals surface area (Å²) in [7, 11) is 1.75. The number of rotatable bonds is 5. The van der Waals surface area contributed by atoms with Gasteiger partial charge in [0.25, 0.3) is 0 Å². The molecule has 4 rings (SSSR count). The molecular formula is C21H20ClN5O2. The van der Waals surface area contributed by atoms with E-state index in [1.807, 2.05) is 12.1 Å². The van der Waals surface area contributed by atoms with Gasteiger partial charge in [-0.15, -0.1) is 0 Å². The number of hydrogen-bond donors (Lipinski definition) is 2. The van der Waals surface area contributed by atoms with Gasteiger partial charge in [-0.3, -0.25) is 19.3 Å². The molecule has 0 spiro atoms. The van der Waals surface area contributed by atoms with Crippen LogP contribution in [0.5, 0.6) is 0 Å². The molecule has 1 aliphatic rings. The number of pyridine rings is 1. The van der Waals surface area contributed by atoms with Gasteiger partial charge in [0, 0.05) is 36.2 Å². The van der Waals surface area contributed by atoms with E-state index in [1.165, 1.54) is 0 Å². The van der Waals surface area contributed by atoms with Crippen LogP contribution in [0.3, 0.4) is 0 Å². The largest absolute Gasteiger partial charge is 0.341 e. The molecule has 2 aromatic heterocycles. The Morgan fingerprint density at radius 3 is 2.45 bits per heavy atom. The number of nitrogens with one attached hydrogen (secondary N) is 2. The average molecular weight is 410 g/mol. The molecule has 1 atom stereocenters. The van der Waals surface area contributed by atoms with Gasteiger partial charge in [0.05, 0.1) is 11.7 Å². The lowest BCUT2D eigenvalue weighted by molar-refractivity contribution is -0.136. The van der Waals surface area contributed by atoms with Crippen molar-refractivity contribution < 1.29 is 9.59 Å². The Labute approximate surface area is 173 Å². The van der Waals surface area contributed by atoms with Gasteiger partial charge < -0.3 is 10.6 Å². The number of carbonyl (C=O) groups is 2. The lowest BCUT2D eigenvalue weighted by atomic mass is 10.0. The van der Waals surface area contributed by atoms with Gasteiger partial charge in [-0.1, -0.05) is 23.7 Å². The molecule has 1 aliphatic carbocycles. The minimum Gasteiger partial charge on any atom is -0.341 e. The minimum atomic E-state index is -0.729. The zero-order chi connectivity index (χ0) is 20.4. The summed E-state index contributed by atoms with van der Waals surface area (Å²) in [4.78, 5) is 29.2. The topological polar surface area (TPSA) is 88.9 Å². The van der Waals surface area contributed by atoms with Crippen LogP contribution in [-0.4, -0.2) is 26.6 Å². The summed E-state index contributed by atoms with van der Waals surface area (Å²) in [5.74, 6) is -1.08. The molecule has 7 nitrogen and oxygen atoms in total. The first kappa shape index (κ1) is 19.1. The van der Waals surface area contributed by atoms with Crippen molar-refractivity contribution in [1.29, 1.82) is 0 Å². The Kier molecular flexibility index (Phi) is 5.31. The highest BCUT2D eigenvalue weighted by molar-refractivity contribution is 6.40. The van der Waals surface area contributed by atoms with E-state index in [1.54, 1.807) is 54.6 Å². The number of nitrogens with zero attached hydrogens (tertiary/aromatic N) is 3. The number of aromatic nitrogens is 3. The Bertz CT molecular complexity index is 1030. The SMILES string of the molecule is Cn1cc(NC(=O)C(=O)N[C@@H](c2ccc(Cl)cc2)C2CC2)c(-c2ccncc2)n1. The van der Waals surface area contributed by atoms with Gasteiger partial charge in [-0.05, 0) is 48.6 Å². The molecule has 1 saturated carbocycles. The van der Waals surface area contributed by atoms with Crippen LogP contribution in [0.1, 0.15) is 24.4 Å². The molecular weight excluding hydrogens is 390 g/mol. The van der Waals surface area contributed by atoms with Crippen molar-refractivity contribution in [1.82, 2.24) is 20.1 Å². The Balaban J connectivity index is 1.49. The number of aryl methyl sites for hydroxylation is 1. The number of anilines is 1. The fourth-order valence-electron chi connectivity index (χ4n) is 3.26. The molecule has 2 N–H and O–H groups in total. The van der Waals surface area contributed by atoms with Crippen molar-refractivity contribution >= 4 is 29.1 Å². The molecule has 2 heterocycles. The van der Waals surface area contributed by atoms with Crippen LogP contribution in [0.15, 0.2) is 55.0 Å². The Morgan fingerprint density at radius 2 is 1.79 bits per heavy atom. The van der Waals surface area contributed by atoms with Crippen LogP contribution < -0.4 is 10.6 Å². The van der Waals surface area contributed by atoms with Crippen LogP contribution in [0.25, 0.3) is 11.3 Å². The van der Waals surface area contributed by atoms with Gasteiger partial charge in [0.15, 0.2) is 0 Å². The average Bonchev–Trinajstić information content (AvgIpc) is 3.50. The molecule has 3 aromatic rings. The molecule has 0 aliphatic heterocycles. The van der Waals surface area contributed by atoms with Crippen molar-refractivity contribution in [2.24, 2.45) is 13.0 Å². The molecule has 8 heteroatoms. The van der Waals surface area contributed by atoms with E-state index in [0.717, 1.165) is 24.0 Å². The summed E-state index contributed by atoms with van der Waals surface area (Å²) >= 11 is 5.96. The first-order chi connectivity index (χ1) is 14.0. The predicted molar refractivity (Wildman–Crippen MR) is 110 cm³/mol. The predicted octanol–water partition coefficient (Wildman–Crippen LogP) is 3.34. The molecule has 148 valence electrons. The van der Waals surface area contributed by atoms with Crippen LogP contribution in [0.4, 0.5) is 5.69 Å². The summed E-state index contributed by atoms with van der Waals surface area (Å²) in [6.07, 6.45) is 7.00. The molecule has 2 amide bonds. The van der Waals surface area contributed by atoms with Crippen molar-refractivity contribution in [3.63, 3.8) is 0 Å². The highest BCUT2D eigenvalue weighted by atomic mass is 35.5. The Morgan fingerprint density at radius 1 is 1.10 bits per heavy atom. The van der Waals surface area contributed by atoms with Gasteiger partial charge in [0.2, 0.25) is 0 Å². The van der Waals surface area contributed by atoms with Gasteiger partial charge >= 0.3 is 11.8 Å². The van der Waals surface area contributed by atoms with Crippen molar-refractivity contribution in [3.8, 4) is 11.3 Å². The first-order valence-electron chi connectivity index (χ1n) is 9.32. The van der Waals surface area contributed by atoms with E-state index in [4.69, 9.17) is 11.6 Å². The molecule has 0 saturated heterocycles. The quantitative estimate of drug-likeness (QED) is 0.632. The standard InChI is InChI=1S/C21H20ClN5O2/c1-27-12-17(19(26-27)15-8-10-23-11-9-15)24-20(28)21(29)25-18(13-2-3-13)14-4-6-16(22)7-5-14/h4-13,18H,2-3H2,1H3,(H,24,28)(H,25,29)/t18-/m1/s1. The van der Waals surface area contributed by atoms with E-state index in [-0.39, 0.29) is 6.04 Å². The smallest absolute Gasteiger partial charge is 0.313 e. The zero-order valence-electron chi connectivity index (χ0n) is 15.8. The van der Waals surface area contributed by atoms with E-state index in [2.05, 4.69) is 20.7 Å². The van der Waals surface area contributed by atoms with Crippen molar-refractivity contribution in [2.45, 2.75) is 18.9 Å². The van der Waals surface area contributed by atoms with Gasteiger partial charge in [-0.2, -0.15) is 5.10 Å². The third-order valence-corrected chi connectivity index (χ3v) is 5.10. The number of benzene rings is 1. The number of carbonyl (C=O) groups excluding carboxylic acids is 2. The zero-order valence-corrected chi connectivity index (χ0v) is 16.6. The summed E-state index contributed by atoms with van der Waals surface area (Å²) in [6.45, 7) is 0. The van der Waals surface area contributed by atoms with Crippen LogP contribution in [0.2, 0.25) is 5.02 Å². The fraction of sp³-hybridized carbons (Fsp3) is 0.238. The number of halogens is 1. The molecule has 0 bridgehead atoms. The van der Waals surface area contributed by atoms with Crippen LogP contribution >= 0.6 is 11.6 Å². The van der Waals surface area contributed by atoms with Crippen LogP contribution in [0, 0.1) is 5.92 Å². The maximum Gasteiger partial charge on any atom is 0.313 e. The summed E-state index contributed by atoms with van der Waals surface area (Å²) in [6, 6.07) is 10.7. The second-order valence-corrected chi connectivity index (χ2v) is 7.53. The lowest BCUT2D eigenvalue weighted by Crippen LogP contribution is -2.38. The number of hydrogen-bond acceptors (Lipinski definition) is 4. The second-order valence-electron chi connectivity index (χ2n) is 7.10. The van der Waals surface area contributed by atoms with E-state index in [0.29, 0.717) is 22.3 Å². The number of amides is 2. The first-order valence-corrected chi connectivity index (χ1v) is 9.70. The maximum atomic E-state index is 12.6. The third-order valence-electron chi connectivity index (χ3n) is 4.85. The summed E-state index contributed by atoms with van der Waals surface area (Å²) in [5, 5.41) is 10.6. The van der Waals surface area contributed by atoms with Crippen molar-refractivity contribution in [3.05, 3.63) is 65.6 Å². The fourth-order valence-corrected chi connectivity index (χ4v) is 3.39. The molecule has 0 unspecified atom stereocenters. The van der Waals surface area contributed by atoms with Crippen molar-refractivity contribution in [2.75, 3.05) is 5.32 Å². The Hall–Kier alpha value is -3.19.